The lowest BCUT2D eigenvalue weighted by Crippen LogP contribution is -2.26. The Bertz CT molecular complexity index is 710. The highest BCUT2D eigenvalue weighted by atomic mass is 19.4. The normalized spacial score (nSPS) is 20.3. The van der Waals surface area contributed by atoms with E-state index in [1.807, 2.05) is 0 Å². The molecule has 1 heterocycles. The van der Waals surface area contributed by atoms with E-state index in [0.29, 0.717) is 17.0 Å². The fourth-order valence-corrected chi connectivity index (χ4v) is 2.35. The molecule has 122 valence electrons. The molecule has 1 aliphatic carbocycles. The Morgan fingerprint density at radius 3 is 2.57 bits per heavy atom. The Labute approximate surface area is 129 Å². The number of hydrogen-bond acceptors (Lipinski definition) is 4. The fourth-order valence-electron chi connectivity index (χ4n) is 2.35. The predicted molar refractivity (Wildman–Crippen MR) is 74.4 cm³/mol. The smallest absolute Gasteiger partial charge is 0.349 e. The number of halogens is 3. The molecule has 1 aliphatic rings. The van der Waals surface area contributed by atoms with E-state index in [-0.39, 0.29) is 17.8 Å². The van der Waals surface area contributed by atoms with Crippen molar-refractivity contribution in [1.82, 2.24) is 15.5 Å². The SMILES string of the molecule is CCC1CC1NC(=O)c1ccc(-c2noc(C(F)(F)F)n2)cc1. The second-order valence-corrected chi connectivity index (χ2v) is 5.48. The van der Waals surface area contributed by atoms with E-state index >= 15 is 0 Å². The van der Waals surface area contributed by atoms with E-state index < -0.39 is 12.1 Å². The minimum atomic E-state index is -4.68. The molecule has 0 saturated heterocycles. The van der Waals surface area contributed by atoms with Crippen molar-refractivity contribution < 1.29 is 22.5 Å². The number of carbonyl (C=O) groups excluding carboxylic acids is 1. The number of benzene rings is 1. The van der Waals surface area contributed by atoms with Crippen LogP contribution in [-0.4, -0.2) is 22.1 Å². The van der Waals surface area contributed by atoms with Crippen LogP contribution in [0.1, 0.15) is 36.0 Å². The summed E-state index contributed by atoms with van der Waals surface area (Å²) in [5, 5.41) is 6.22. The maximum absolute atomic E-state index is 12.4. The molecular formula is C15H14F3N3O2. The van der Waals surface area contributed by atoms with Crippen LogP contribution < -0.4 is 5.32 Å². The number of rotatable bonds is 4. The van der Waals surface area contributed by atoms with E-state index in [9.17, 15) is 18.0 Å². The molecule has 1 aromatic carbocycles. The van der Waals surface area contributed by atoms with E-state index in [1.165, 1.54) is 24.3 Å². The number of alkyl halides is 3. The summed E-state index contributed by atoms with van der Waals surface area (Å²) < 4.78 is 41.5. The fraction of sp³-hybridized carbons (Fsp3) is 0.400. The molecule has 23 heavy (non-hydrogen) atoms. The number of amides is 1. The average molecular weight is 325 g/mol. The van der Waals surface area contributed by atoms with Crippen molar-refractivity contribution in [2.24, 2.45) is 5.92 Å². The summed E-state index contributed by atoms with van der Waals surface area (Å²) in [7, 11) is 0. The first-order valence-electron chi connectivity index (χ1n) is 7.20. The highest BCUT2D eigenvalue weighted by Crippen LogP contribution is 2.33. The van der Waals surface area contributed by atoms with Crippen LogP contribution in [0.2, 0.25) is 0 Å². The van der Waals surface area contributed by atoms with Gasteiger partial charge in [-0.2, -0.15) is 18.2 Å². The van der Waals surface area contributed by atoms with Crippen LogP contribution in [0.25, 0.3) is 11.4 Å². The van der Waals surface area contributed by atoms with Gasteiger partial charge in [0, 0.05) is 17.2 Å². The van der Waals surface area contributed by atoms with Gasteiger partial charge in [-0.3, -0.25) is 4.79 Å². The molecule has 1 saturated carbocycles. The molecule has 0 radical (unpaired) electrons. The van der Waals surface area contributed by atoms with E-state index in [1.54, 1.807) is 0 Å². The summed E-state index contributed by atoms with van der Waals surface area (Å²) in [4.78, 5) is 15.3. The molecule has 3 rings (SSSR count). The van der Waals surface area contributed by atoms with E-state index in [2.05, 4.69) is 26.9 Å². The van der Waals surface area contributed by atoms with Gasteiger partial charge in [0.05, 0.1) is 0 Å². The number of aromatic nitrogens is 2. The van der Waals surface area contributed by atoms with Crippen LogP contribution in [0.3, 0.4) is 0 Å². The molecule has 2 aromatic rings. The van der Waals surface area contributed by atoms with Gasteiger partial charge < -0.3 is 9.84 Å². The van der Waals surface area contributed by atoms with Gasteiger partial charge in [0.1, 0.15) is 0 Å². The molecule has 1 fully saturated rings. The largest absolute Gasteiger partial charge is 0.471 e. The summed E-state index contributed by atoms with van der Waals surface area (Å²) in [6.45, 7) is 2.08. The second kappa shape index (κ2) is 5.68. The lowest BCUT2D eigenvalue weighted by Gasteiger charge is -2.04. The van der Waals surface area contributed by atoms with Crippen molar-refractivity contribution in [2.75, 3.05) is 0 Å². The molecule has 1 amide bonds. The van der Waals surface area contributed by atoms with Crippen LogP contribution in [0.4, 0.5) is 13.2 Å². The maximum atomic E-state index is 12.4. The quantitative estimate of drug-likeness (QED) is 0.936. The molecule has 1 N–H and O–H groups in total. The van der Waals surface area contributed by atoms with Crippen molar-refractivity contribution in [3.63, 3.8) is 0 Å². The first-order chi connectivity index (χ1) is 10.9. The molecule has 2 atom stereocenters. The van der Waals surface area contributed by atoms with Crippen molar-refractivity contribution in [1.29, 1.82) is 0 Å². The zero-order valence-electron chi connectivity index (χ0n) is 12.2. The number of carbonyl (C=O) groups is 1. The molecule has 0 spiro atoms. The third kappa shape index (κ3) is 3.35. The Morgan fingerprint density at radius 1 is 1.35 bits per heavy atom. The van der Waals surface area contributed by atoms with Gasteiger partial charge in [0.15, 0.2) is 0 Å². The van der Waals surface area contributed by atoms with Crippen LogP contribution in [0, 0.1) is 5.92 Å². The van der Waals surface area contributed by atoms with Gasteiger partial charge in [0.25, 0.3) is 5.91 Å². The zero-order valence-corrected chi connectivity index (χ0v) is 12.2. The summed E-state index contributed by atoms with van der Waals surface area (Å²) in [6, 6.07) is 6.25. The van der Waals surface area contributed by atoms with Gasteiger partial charge >= 0.3 is 12.1 Å². The molecule has 1 aromatic heterocycles. The summed E-state index contributed by atoms with van der Waals surface area (Å²) >= 11 is 0. The summed E-state index contributed by atoms with van der Waals surface area (Å²) in [6.07, 6.45) is -2.65. The number of nitrogens with zero attached hydrogens (tertiary/aromatic N) is 2. The Morgan fingerprint density at radius 2 is 2.04 bits per heavy atom. The first kappa shape index (κ1) is 15.5. The van der Waals surface area contributed by atoms with Gasteiger partial charge in [0.2, 0.25) is 5.82 Å². The van der Waals surface area contributed by atoms with E-state index in [0.717, 1.165) is 12.8 Å². The van der Waals surface area contributed by atoms with Gasteiger partial charge in [-0.05, 0) is 24.5 Å². The summed E-state index contributed by atoms with van der Waals surface area (Å²) in [5.41, 5.74) is 0.786. The third-order valence-corrected chi connectivity index (χ3v) is 3.84. The van der Waals surface area contributed by atoms with E-state index in [4.69, 9.17) is 0 Å². The molecule has 8 heteroatoms. The highest BCUT2D eigenvalue weighted by Gasteiger charge is 2.38. The average Bonchev–Trinajstić information content (AvgIpc) is 3.06. The number of hydrogen-bond donors (Lipinski definition) is 1. The Hall–Kier alpha value is -2.38. The van der Waals surface area contributed by atoms with Gasteiger partial charge in [-0.1, -0.05) is 30.6 Å². The molecular weight excluding hydrogens is 311 g/mol. The second-order valence-electron chi connectivity index (χ2n) is 5.48. The monoisotopic (exact) mass is 325 g/mol. The van der Waals surface area contributed by atoms with Crippen molar-refractivity contribution in [2.45, 2.75) is 32.0 Å². The summed E-state index contributed by atoms with van der Waals surface area (Å²) in [5.74, 6) is -1.22. The van der Waals surface area contributed by atoms with Crippen LogP contribution >= 0.6 is 0 Å². The molecule has 5 nitrogen and oxygen atoms in total. The zero-order chi connectivity index (χ0) is 16.6. The van der Waals surface area contributed by atoms with Crippen LogP contribution in [0.5, 0.6) is 0 Å². The lowest BCUT2D eigenvalue weighted by molar-refractivity contribution is -0.159. The maximum Gasteiger partial charge on any atom is 0.471 e. The lowest BCUT2D eigenvalue weighted by atomic mass is 10.1. The van der Waals surface area contributed by atoms with Gasteiger partial charge in [-0.15, -0.1) is 0 Å². The minimum absolute atomic E-state index is 0.169. The predicted octanol–water partition coefficient (Wildman–Crippen LogP) is 3.28. The molecule has 0 bridgehead atoms. The van der Waals surface area contributed by atoms with Crippen molar-refractivity contribution in [3.8, 4) is 11.4 Å². The van der Waals surface area contributed by atoms with Gasteiger partial charge in [-0.25, -0.2) is 0 Å². The Balaban J connectivity index is 1.69. The first-order valence-corrected chi connectivity index (χ1v) is 7.20. The highest BCUT2D eigenvalue weighted by molar-refractivity contribution is 5.95. The van der Waals surface area contributed by atoms with Crippen LogP contribution in [-0.2, 0) is 6.18 Å². The molecule has 2 unspecified atom stereocenters. The number of nitrogens with one attached hydrogen (secondary N) is 1. The Kier molecular flexibility index (Phi) is 3.83. The van der Waals surface area contributed by atoms with Crippen molar-refractivity contribution >= 4 is 5.91 Å². The molecule has 0 aliphatic heterocycles. The standard InChI is InChI=1S/C15H14F3N3O2/c1-2-8-7-11(8)19-13(22)10-5-3-9(4-6-10)12-20-14(23-21-12)15(16,17)18/h3-6,8,11H,2,7H2,1H3,(H,19,22). The minimum Gasteiger partial charge on any atom is -0.349 e. The van der Waals surface area contributed by atoms with Crippen molar-refractivity contribution in [3.05, 3.63) is 35.7 Å². The topological polar surface area (TPSA) is 68.0 Å². The van der Waals surface area contributed by atoms with Crippen LogP contribution in [0.15, 0.2) is 28.8 Å². The third-order valence-electron chi connectivity index (χ3n) is 3.84.